The number of carbonyl (C=O) groups is 1. The Labute approximate surface area is 169 Å². The number of fused-ring (bicyclic) bond motifs is 1. The van der Waals surface area contributed by atoms with Crippen molar-refractivity contribution in [2.75, 3.05) is 13.1 Å². The van der Waals surface area contributed by atoms with Gasteiger partial charge in [-0.1, -0.05) is 0 Å². The van der Waals surface area contributed by atoms with Crippen LogP contribution in [0.5, 0.6) is 0 Å². The van der Waals surface area contributed by atoms with Crippen LogP contribution in [0.2, 0.25) is 0 Å². The maximum atomic E-state index is 13.5. The first kappa shape index (κ1) is 19.6. The minimum Gasteiger partial charge on any atom is -0.444 e. The molecule has 4 rings (SSSR count). The number of rotatable bonds is 4. The van der Waals surface area contributed by atoms with Crippen LogP contribution in [-0.2, 0) is 16.9 Å². The summed E-state index contributed by atoms with van der Waals surface area (Å²) in [6, 6.07) is 0. The molecule has 1 N–H and O–H groups in total. The third-order valence-corrected chi connectivity index (χ3v) is 6.69. The highest BCUT2D eigenvalue weighted by atomic mass is 32.1. The summed E-state index contributed by atoms with van der Waals surface area (Å²) in [5.41, 5.74) is -1.78. The number of aryl methyl sites for hydroxylation is 2. The largest absolute Gasteiger partial charge is 0.444 e. The van der Waals surface area contributed by atoms with Gasteiger partial charge in [0.25, 0.3) is 5.56 Å². The number of amides is 1. The number of oxazole rings is 1. The van der Waals surface area contributed by atoms with E-state index in [9.17, 15) is 19.5 Å². The van der Waals surface area contributed by atoms with Crippen molar-refractivity contribution in [3.05, 3.63) is 38.9 Å². The summed E-state index contributed by atoms with van der Waals surface area (Å²) in [5, 5.41) is 9.91. The molecule has 4 heterocycles. The first-order chi connectivity index (χ1) is 13.7. The molecule has 1 aliphatic rings. The SMILES string of the molecule is CCn1c(=O)n(C(C)(C)C(=O)N2CC(O)C2)c(=O)c2c(C)c(-c3ncco3)sc21. The smallest absolute Gasteiger partial charge is 0.333 e. The zero-order valence-electron chi connectivity index (χ0n) is 16.6. The molecule has 0 bridgehead atoms. The van der Waals surface area contributed by atoms with E-state index in [-0.39, 0.29) is 19.0 Å². The molecule has 3 aromatic rings. The van der Waals surface area contributed by atoms with Gasteiger partial charge in [-0.05, 0) is 33.3 Å². The Morgan fingerprint density at radius 2 is 2.07 bits per heavy atom. The van der Waals surface area contributed by atoms with E-state index in [0.717, 1.165) is 4.57 Å². The summed E-state index contributed by atoms with van der Waals surface area (Å²) in [7, 11) is 0. The minimum atomic E-state index is -1.39. The van der Waals surface area contributed by atoms with Gasteiger partial charge in [-0.25, -0.2) is 14.3 Å². The Balaban J connectivity index is 1.98. The Hall–Kier alpha value is -2.72. The monoisotopic (exact) mass is 418 g/mol. The fourth-order valence-electron chi connectivity index (χ4n) is 3.76. The van der Waals surface area contributed by atoms with E-state index >= 15 is 0 Å². The molecule has 10 heteroatoms. The van der Waals surface area contributed by atoms with Crippen molar-refractivity contribution in [2.45, 2.75) is 45.9 Å². The zero-order valence-corrected chi connectivity index (χ0v) is 17.4. The molecule has 0 unspecified atom stereocenters. The van der Waals surface area contributed by atoms with Crippen molar-refractivity contribution in [3.8, 4) is 10.8 Å². The topological polar surface area (TPSA) is 111 Å². The molecule has 1 amide bonds. The standard InChI is InChI=1S/C19H22N4O5S/c1-5-22-16-12(10(2)13(29-16)14-20-6-7-28-14)15(25)23(18(22)27)19(3,4)17(26)21-8-11(24)9-21/h6-7,11,24H,5,8-9H2,1-4H3. The lowest BCUT2D eigenvalue weighted by Gasteiger charge is -2.41. The van der Waals surface area contributed by atoms with Crippen molar-refractivity contribution in [3.63, 3.8) is 0 Å². The Kier molecular flexibility index (Phi) is 4.50. The highest BCUT2D eigenvalue weighted by molar-refractivity contribution is 7.22. The summed E-state index contributed by atoms with van der Waals surface area (Å²) in [6.07, 6.45) is 2.41. The predicted molar refractivity (Wildman–Crippen MR) is 108 cm³/mol. The second kappa shape index (κ2) is 6.67. The summed E-state index contributed by atoms with van der Waals surface area (Å²) in [5.74, 6) is 0.0134. The van der Waals surface area contributed by atoms with Crippen LogP contribution in [0, 0.1) is 6.92 Å². The first-order valence-electron chi connectivity index (χ1n) is 9.35. The van der Waals surface area contributed by atoms with E-state index in [1.165, 1.54) is 33.3 Å². The summed E-state index contributed by atoms with van der Waals surface area (Å²) >= 11 is 1.28. The number of thiophene rings is 1. The van der Waals surface area contributed by atoms with Gasteiger partial charge in [0.05, 0.1) is 22.6 Å². The molecular weight excluding hydrogens is 396 g/mol. The molecule has 0 saturated carbocycles. The van der Waals surface area contributed by atoms with E-state index < -0.39 is 22.9 Å². The molecule has 1 aliphatic heterocycles. The van der Waals surface area contributed by atoms with Crippen molar-refractivity contribution < 1.29 is 14.3 Å². The second-order valence-electron chi connectivity index (χ2n) is 7.66. The fraction of sp³-hybridized carbons (Fsp3) is 0.474. The molecule has 9 nitrogen and oxygen atoms in total. The Morgan fingerprint density at radius 1 is 1.38 bits per heavy atom. The van der Waals surface area contributed by atoms with Gasteiger partial charge in [-0.2, -0.15) is 0 Å². The lowest BCUT2D eigenvalue weighted by molar-refractivity contribution is -0.149. The second-order valence-corrected chi connectivity index (χ2v) is 8.66. The summed E-state index contributed by atoms with van der Waals surface area (Å²) in [6.45, 7) is 7.47. The Morgan fingerprint density at radius 3 is 2.62 bits per heavy atom. The average Bonchev–Trinajstić information content (AvgIpc) is 3.26. The average molecular weight is 418 g/mol. The molecule has 1 saturated heterocycles. The van der Waals surface area contributed by atoms with Crippen molar-refractivity contribution in [1.82, 2.24) is 19.0 Å². The van der Waals surface area contributed by atoms with E-state index in [1.807, 2.05) is 6.92 Å². The lowest BCUT2D eigenvalue weighted by atomic mass is 9.99. The molecule has 3 aromatic heterocycles. The normalized spacial score (nSPS) is 15.1. The van der Waals surface area contributed by atoms with E-state index in [2.05, 4.69) is 4.98 Å². The van der Waals surface area contributed by atoms with Gasteiger partial charge in [0.1, 0.15) is 16.6 Å². The van der Waals surface area contributed by atoms with Gasteiger partial charge in [-0.3, -0.25) is 14.2 Å². The van der Waals surface area contributed by atoms with Crippen molar-refractivity contribution in [1.29, 1.82) is 0 Å². The van der Waals surface area contributed by atoms with E-state index in [1.54, 1.807) is 20.8 Å². The maximum absolute atomic E-state index is 13.5. The van der Waals surface area contributed by atoms with E-state index in [0.29, 0.717) is 33.1 Å². The summed E-state index contributed by atoms with van der Waals surface area (Å²) < 4.78 is 7.93. The number of hydrogen-bond acceptors (Lipinski definition) is 7. The van der Waals surface area contributed by atoms with Gasteiger partial charge in [0.15, 0.2) is 0 Å². The van der Waals surface area contributed by atoms with Crippen molar-refractivity contribution in [2.24, 2.45) is 0 Å². The molecule has 0 spiro atoms. The van der Waals surface area contributed by atoms with Crippen LogP contribution in [0.25, 0.3) is 21.0 Å². The zero-order chi connectivity index (χ0) is 21.1. The summed E-state index contributed by atoms with van der Waals surface area (Å²) in [4.78, 5) is 46.5. The lowest BCUT2D eigenvalue weighted by Crippen LogP contribution is -2.62. The van der Waals surface area contributed by atoms with Crippen LogP contribution in [-0.4, -0.2) is 49.2 Å². The first-order valence-corrected chi connectivity index (χ1v) is 10.2. The van der Waals surface area contributed by atoms with Gasteiger partial charge in [0, 0.05) is 19.6 Å². The number of aromatic nitrogens is 3. The number of β-amino-alcohol motifs (C(OH)–C–C–N with tert-alkyl or cyclic N) is 1. The molecule has 0 aromatic carbocycles. The molecular formula is C19H22N4O5S. The molecule has 0 radical (unpaired) electrons. The number of aliphatic hydroxyl groups is 1. The molecule has 29 heavy (non-hydrogen) atoms. The minimum absolute atomic E-state index is 0.201. The van der Waals surface area contributed by atoms with Gasteiger partial charge in [-0.15, -0.1) is 11.3 Å². The van der Waals surface area contributed by atoms with Crippen LogP contribution < -0.4 is 11.2 Å². The van der Waals surface area contributed by atoms with Crippen LogP contribution >= 0.6 is 11.3 Å². The quantitative estimate of drug-likeness (QED) is 0.680. The molecule has 154 valence electrons. The molecule has 0 aliphatic carbocycles. The number of aliphatic hydroxyl groups excluding tert-OH is 1. The van der Waals surface area contributed by atoms with Gasteiger partial charge in [0.2, 0.25) is 11.8 Å². The third-order valence-electron chi connectivity index (χ3n) is 5.39. The Bertz CT molecular complexity index is 1210. The van der Waals surface area contributed by atoms with Crippen LogP contribution in [0.4, 0.5) is 0 Å². The number of likely N-dealkylation sites (tertiary alicyclic amines) is 1. The molecule has 1 fully saturated rings. The fourth-order valence-corrected chi connectivity index (χ4v) is 5.06. The predicted octanol–water partition coefficient (Wildman–Crippen LogP) is 1.15. The number of nitrogens with zero attached hydrogens (tertiary/aromatic N) is 4. The molecule has 0 atom stereocenters. The maximum Gasteiger partial charge on any atom is 0.333 e. The number of hydrogen-bond donors (Lipinski definition) is 1. The number of carbonyl (C=O) groups excluding carboxylic acids is 1. The van der Waals surface area contributed by atoms with Gasteiger partial charge >= 0.3 is 5.69 Å². The third kappa shape index (κ3) is 2.77. The van der Waals surface area contributed by atoms with Crippen LogP contribution in [0.1, 0.15) is 26.3 Å². The van der Waals surface area contributed by atoms with Crippen molar-refractivity contribution >= 4 is 27.5 Å². The van der Waals surface area contributed by atoms with Gasteiger partial charge < -0.3 is 14.4 Å². The highest BCUT2D eigenvalue weighted by Gasteiger charge is 2.42. The van der Waals surface area contributed by atoms with Crippen LogP contribution in [0.15, 0.2) is 26.5 Å². The van der Waals surface area contributed by atoms with Crippen LogP contribution in [0.3, 0.4) is 0 Å². The highest BCUT2D eigenvalue weighted by Crippen LogP contribution is 2.35. The van der Waals surface area contributed by atoms with E-state index in [4.69, 9.17) is 4.42 Å².